The van der Waals surface area contributed by atoms with Crippen LogP contribution in [0.2, 0.25) is 0 Å². The minimum Gasteiger partial charge on any atom is -0.387 e. The van der Waals surface area contributed by atoms with E-state index in [0.717, 1.165) is 11.1 Å². The van der Waals surface area contributed by atoms with E-state index in [9.17, 15) is 14.7 Å². The lowest BCUT2D eigenvalue weighted by molar-refractivity contribution is -0.123. The number of carbonyl (C=O) groups excluding carboxylic acids is 1. The van der Waals surface area contributed by atoms with E-state index < -0.39 is 6.10 Å². The highest BCUT2D eigenvalue weighted by Crippen LogP contribution is 2.34. The Morgan fingerprint density at radius 3 is 2.58 bits per heavy atom. The van der Waals surface area contributed by atoms with Crippen molar-refractivity contribution < 1.29 is 9.90 Å². The van der Waals surface area contributed by atoms with Gasteiger partial charge in [-0.3, -0.25) is 18.9 Å². The number of pyridine rings is 1. The molecule has 1 saturated heterocycles. The number of amides is 1. The maximum absolute atomic E-state index is 13.4. The lowest BCUT2D eigenvalue weighted by Gasteiger charge is -2.18. The van der Waals surface area contributed by atoms with Crippen LogP contribution in [0, 0.1) is 6.92 Å². The average molecular weight is 481 g/mol. The Morgan fingerprint density at radius 2 is 1.91 bits per heavy atom. The van der Waals surface area contributed by atoms with Gasteiger partial charge in [-0.05, 0) is 44.0 Å². The van der Waals surface area contributed by atoms with Crippen molar-refractivity contribution in [3.63, 3.8) is 0 Å². The van der Waals surface area contributed by atoms with Crippen molar-refractivity contribution in [3.8, 4) is 0 Å². The Kier molecular flexibility index (Phi) is 6.64. The number of anilines is 1. The van der Waals surface area contributed by atoms with Crippen molar-refractivity contribution >= 4 is 51.7 Å². The van der Waals surface area contributed by atoms with Crippen molar-refractivity contribution in [3.05, 3.63) is 80.6 Å². The fourth-order valence-corrected chi connectivity index (χ4v) is 5.12. The number of benzene rings is 1. The molecule has 1 amide bonds. The number of hydrogen-bond acceptors (Lipinski definition) is 7. The van der Waals surface area contributed by atoms with E-state index in [1.54, 1.807) is 18.3 Å². The number of fused-ring (bicyclic) bond motifs is 1. The average Bonchev–Trinajstić information content (AvgIpc) is 3.08. The van der Waals surface area contributed by atoms with Crippen molar-refractivity contribution in [2.45, 2.75) is 32.9 Å². The number of carbonyl (C=O) groups is 1. The summed E-state index contributed by atoms with van der Waals surface area (Å²) in [7, 11) is 0. The van der Waals surface area contributed by atoms with E-state index in [2.05, 4.69) is 10.3 Å². The molecule has 1 aromatic carbocycles. The maximum atomic E-state index is 13.4. The third-order valence-electron chi connectivity index (χ3n) is 5.35. The standard InChI is InChI=1S/C24H24N4O3S2/c1-14(2)28-23(31)19(33-24(28)32)12-17-20(25-13-18(29)16-9-5-4-6-10-16)26-21-15(3)8-7-11-27(21)22(17)30/h4-12,14,18,25,29H,13H2,1-3H3/b19-12-. The van der Waals surface area contributed by atoms with Crippen molar-refractivity contribution in [2.24, 2.45) is 0 Å². The van der Waals surface area contributed by atoms with E-state index in [4.69, 9.17) is 12.2 Å². The number of nitrogens with zero attached hydrogens (tertiary/aromatic N) is 3. The van der Waals surface area contributed by atoms with Crippen LogP contribution in [0.1, 0.15) is 36.6 Å². The van der Waals surface area contributed by atoms with Crippen LogP contribution in [0.4, 0.5) is 5.82 Å². The molecule has 1 fully saturated rings. The van der Waals surface area contributed by atoms with Crippen LogP contribution in [-0.4, -0.2) is 42.2 Å². The SMILES string of the molecule is Cc1cccn2c(=O)c(/C=C3\SC(=S)N(C(C)C)C3=O)c(NCC(O)c3ccccc3)nc12. The fourth-order valence-electron chi connectivity index (χ4n) is 3.62. The number of thiocarbonyl (C=S) groups is 1. The minimum absolute atomic E-state index is 0.0829. The highest BCUT2D eigenvalue weighted by Gasteiger charge is 2.34. The second kappa shape index (κ2) is 9.46. The number of nitrogens with one attached hydrogen (secondary N) is 1. The molecular formula is C24H24N4O3S2. The fraction of sp³-hybridized carbons (Fsp3) is 0.250. The molecule has 0 spiro atoms. The van der Waals surface area contributed by atoms with Crippen LogP contribution < -0.4 is 10.9 Å². The van der Waals surface area contributed by atoms with Gasteiger partial charge in [0.25, 0.3) is 11.5 Å². The summed E-state index contributed by atoms with van der Waals surface area (Å²) in [5.41, 5.74) is 2.01. The lowest BCUT2D eigenvalue weighted by Crippen LogP contribution is -2.34. The van der Waals surface area contributed by atoms with Gasteiger partial charge in [0.05, 0.1) is 16.6 Å². The molecule has 1 aliphatic rings. The summed E-state index contributed by atoms with van der Waals surface area (Å²) >= 11 is 6.53. The van der Waals surface area contributed by atoms with Gasteiger partial charge >= 0.3 is 0 Å². The van der Waals surface area contributed by atoms with Gasteiger partial charge in [0.1, 0.15) is 15.8 Å². The molecule has 4 rings (SSSR count). The molecule has 7 nitrogen and oxygen atoms in total. The number of thioether (sulfide) groups is 1. The molecule has 170 valence electrons. The zero-order chi connectivity index (χ0) is 23.7. The van der Waals surface area contributed by atoms with E-state index >= 15 is 0 Å². The second-order valence-corrected chi connectivity index (χ2v) is 9.69. The van der Waals surface area contributed by atoms with Gasteiger partial charge < -0.3 is 10.4 Å². The van der Waals surface area contributed by atoms with Crippen LogP contribution >= 0.6 is 24.0 Å². The Balaban J connectivity index is 1.78. The highest BCUT2D eigenvalue weighted by molar-refractivity contribution is 8.26. The van der Waals surface area contributed by atoms with Crippen molar-refractivity contribution in [1.29, 1.82) is 0 Å². The number of aryl methyl sites for hydroxylation is 1. The van der Waals surface area contributed by atoms with Gasteiger partial charge in [0, 0.05) is 18.8 Å². The molecule has 9 heteroatoms. The maximum Gasteiger partial charge on any atom is 0.267 e. The number of aliphatic hydroxyl groups is 1. The molecule has 1 atom stereocenters. The zero-order valence-corrected chi connectivity index (χ0v) is 20.1. The number of aromatic nitrogens is 2. The molecule has 1 unspecified atom stereocenters. The van der Waals surface area contributed by atoms with Crippen LogP contribution in [0.15, 0.2) is 58.4 Å². The van der Waals surface area contributed by atoms with Crippen molar-refractivity contribution in [2.75, 3.05) is 11.9 Å². The van der Waals surface area contributed by atoms with Gasteiger partial charge in [-0.1, -0.05) is 60.4 Å². The number of aliphatic hydroxyl groups excluding tert-OH is 1. The third-order valence-corrected chi connectivity index (χ3v) is 6.68. The largest absolute Gasteiger partial charge is 0.387 e. The molecule has 2 aromatic heterocycles. The summed E-state index contributed by atoms with van der Waals surface area (Å²) in [6.45, 7) is 5.80. The lowest BCUT2D eigenvalue weighted by atomic mass is 10.1. The summed E-state index contributed by atoms with van der Waals surface area (Å²) in [5.74, 6) is 0.0723. The molecule has 0 aliphatic carbocycles. The van der Waals surface area contributed by atoms with Gasteiger partial charge in [0.15, 0.2) is 0 Å². The quantitative estimate of drug-likeness (QED) is 0.410. The van der Waals surface area contributed by atoms with E-state index in [1.807, 2.05) is 57.2 Å². The van der Waals surface area contributed by atoms with Gasteiger partial charge in [-0.15, -0.1) is 0 Å². The number of hydrogen-bond donors (Lipinski definition) is 2. The first-order valence-electron chi connectivity index (χ1n) is 10.5. The highest BCUT2D eigenvalue weighted by atomic mass is 32.2. The molecule has 3 aromatic rings. The molecule has 0 saturated carbocycles. The summed E-state index contributed by atoms with van der Waals surface area (Å²) in [4.78, 5) is 32.9. The molecule has 2 N–H and O–H groups in total. The van der Waals surface area contributed by atoms with Crippen LogP contribution in [0.25, 0.3) is 11.7 Å². The molecule has 33 heavy (non-hydrogen) atoms. The summed E-state index contributed by atoms with van der Waals surface area (Å²) in [6, 6.07) is 12.8. The van der Waals surface area contributed by atoms with E-state index in [-0.39, 0.29) is 29.6 Å². The van der Waals surface area contributed by atoms with Crippen LogP contribution in [0.3, 0.4) is 0 Å². The topological polar surface area (TPSA) is 86.9 Å². The smallest absolute Gasteiger partial charge is 0.267 e. The first-order valence-corrected chi connectivity index (χ1v) is 11.8. The molecule has 0 radical (unpaired) electrons. The zero-order valence-electron chi connectivity index (χ0n) is 18.5. The predicted molar refractivity (Wildman–Crippen MR) is 136 cm³/mol. The Morgan fingerprint density at radius 1 is 1.18 bits per heavy atom. The summed E-state index contributed by atoms with van der Waals surface area (Å²) in [6.07, 6.45) is 2.40. The molecular weight excluding hydrogens is 456 g/mol. The Labute approximate surface area is 201 Å². The summed E-state index contributed by atoms with van der Waals surface area (Å²) in [5, 5.41) is 13.7. The third kappa shape index (κ3) is 4.57. The molecule has 0 bridgehead atoms. The molecule has 3 heterocycles. The Hall–Kier alpha value is -3.01. The second-order valence-electron chi connectivity index (χ2n) is 8.02. The minimum atomic E-state index is -0.796. The number of rotatable bonds is 6. The first kappa shape index (κ1) is 23.2. The van der Waals surface area contributed by atoms with Crippen molar-refractivity contribution in [1.82, 2.24) is 14.3 Å². The monoisotopic (exact) mass is 480 g/mol. The predicted octanol–water partition coefficient (Wildman–Crippen LogP) is 3.76. The summed E-state index contributed by atoms with van der Waals surface area (Å²) < 4.78 is 1.92. The van der Waals surface area contributed by atoms with Crippen LogP contribution in [-0.2, 0) is 4.79 Å². The van der Waals surface area contributed by atoms with Gasteiger partial charge in [0.2, 0.25) is 0 Å². The Bertz CT molecular complexity index is 1320. The van der Waals surface area contributed by atoms with Gasteiger partial charge in [-0.2, -0.15) is 0 Å². The normalized spacial score (nSPS) is 16.3. The van der Waals surface area contributed by atoms with E-state index in [1.165, 1.54) is 21.1 Å². The van der Waals surface area contributed by atoms with Crippen LogP contribution in [0.5, 0.6) is 0 Å². The molecule has 1 aliphatic heterocycles. The van der Waals surface area contributed by atoms with Gasteiger partial charge in [-0.25, -0.2) is 4.98 Å². The van der Waals surface area contributed by atoms with E-state index in [0.29, 0.717) is 20.7 Å². The first-order chi connectivity index (χ1) is 15.8.